The van der Waals surface area contributed by atoms with Crippen molar-refractivity contribution in [3.63, 3.8) is 0 Å². The van der Waals surface area contributed by atoms with Gasteiger partial charge < -0.3 is 4.74 Å². The molecule has 4 heteroatoms. The minimum absolute atomic E-state index is 0.0926. The minimum Gasteiger partial charge on any atom is -0.496 e. The molecule has 0 aromatic heterocycles. The van der Waals surface area contributed by atoms with Gasteiger partial charge in [-0.15, -0.1) is 0 Å². The number of para-hydroxylation sites is 1. The number of alkyl halides is 1. The molecule has 0 saturated carbocycles. The molecule has 0 saturated heterocycles. The minimum atomic E-state index is 0.0926. The zero-order chi connectivity index (χ0) is 13.8. The van der Waals surface area contributed by atoms with Crippen LogP contribution in [0, 0.1) is 0 Å². The standard InChI is InChI=1S/C15H13BrCl2O/c1-19-14-8-3-2-5-10(14)9-12(16)11-6-4-7-13(17)15(11)18/h2-8,12H,9H2,1H3. The highest BCUT2D eigenvalue weighted by molar-refractivity contribution is 9.09. The van der Waals surface area contributed by atoms with Crippen molar-refractivity contribution in [2.45, 2.75) is 11.2 Å². The number of rotatable bonds is 4. The summed E-state index contributed by atoms with van der Waals surface area (Å²) in [6.45, 7) is 0. The zero-order valence-electron chi connectivity index (χ0n) is 10.4. The summed E-state index contributed by atoms with van der Waals surface area (Å²) in [6.07, 6.45) is 0.782. The molecule has 2 aromatic rings. The predicted molar refractivity (Wildman–Crippen MR) is 84.8 cm³/mol. The van der Waals surface area contributed by atoms with Crippen molar-refractivity contribution < 1.29 is 4.74 Å². The van der Waals surface area contributed by atoms with E-state index in [1.165, 1.54) is 0 Å². The summed E-state index contributed by atoms with van der Waals surface area (Å²) in [4.78, 5) is 0.0926. The summed E-state index contributed by atoms with van der Waals surface area (Å²) in [5.41, 5.74) is 2.11. The van der Waals surface area contributed by atoms with Crippen LogP contribution in [0.15, 0.2) is 42.5 Å². The summed E-state index contributed by atoms with van der Waals surface area (Å²) in [5, 5.41) is 1.17. The number of hydrogen-bond acceptors (Lipinski definition) is 1. The van der Waals surface area contributed by atoms with Crippen LogP contribution in [0.1, 0.15) is 16.0 Å². The molecule has 2 aromatic carbocycles. The van der Waals surface area contributed by atoms with Crippen molar-refractivity contribution in [1.82, 2.24) is 0 Å². The molecule has 0 radical (unpaired) electrons. The number of halogens is 3. The average Bonchev–Trinajstić information content (AvgIpc) is 2.42. The van der Waals surface area contributed by atoms with Crippen molar-refractivity contribution in [2.24, 2.45) is 0 Å². The van der Waals surface area contributed by atoms with Gasteiger partial charge in [0.1, 0.15) is 5.75 Å². The van der Waals surface area contributed by atoms with Crippen LogP contribution in [0.3, 0.4) is 0 Å². The highest BCUT2D eigenvalue weighted by Crippen LogP contribution is 2.37. The van der Waals surface area contributed by atoms with Crippen molar-refractivity contribution in [3.05, 3.63) is 63.6 Å². The Labute approximate surface area is 131 Å². The molecule has 1 nitrogen and oxygen atoms in total. The molecular formula is C15H13BrCl2O. The van der Waals surface area contributed by atoms with Crippen molar-refractivity contribution in [3.8, 4) is 5.75 Å². The zero-order valence-corrected chi connectivity index (χ0v) is 13.5. The number of ether oxygens (including phenoxy) is 1. The SMILES string of the molecule is COc1ccccc1CC(Br)c1cccc(Cl)c1Cl. The van der Waals surface area contributed by atoms with Crippen LogP contribution in [-0.4, -0.2) is 7.11 Å². The lowest BCUT2D eigenvalue weighted by molar-refractivity contribution is 0.409. The maximum absolute atomic E-state index is 6.23. The summed E-state index contributed by atoms with van der Waals surface area (Å²) in [6, 6.07) is 13.6. The molecule has 0 bridgehead atoms. The average molecular weight is 360 g/mol. The lowest BCUT2D eigenvalue weighted by atomic mass is 10.0. The number of methoxy groups -OCH3 is 1. The quantitative estimate of drug-likeness (QED) is 0.638. The van der Waals surface area contributed by atoms with E-state index in [4.69, 9.17) is 27.9 Å². The van der Waals surface area contributed by atoms with Gasteiger partial charge in [-0.2, -0.15) is 0 Å². The lowest BCUT2D eigenvalue weighted by Gasteiger charge is -2.15. The molecule has 1 unspecified atom stereocenters. The molecule has 19 heavy (non-hydrogen) atoms. The van der Waals surface area contributed by atoms with Crippen LogP contribution >= 0.6 is 39.1 Å². The smallest absolute Gasteiger partial charge is 0.122 e. The fourth-order valence-electron chi connectivity index (χ4n) is 1.94. The third kappa shape index (κ3) is 3.44. The fraction of sp³-hybridized carbons (Fsp3) is 0.200. The van der Waals surface area contributed by atoms with E-state index in [2.05, 4.69) is 15.9 Å². The second-order valence-electron chi connectivity index (χ2n) is 4.13. The van der Waals surface area contributed by atoms with Gasteiger partial charge in [0.15, 0.2) is 0 Å². The fourth-order valence-corrected chi connectivity index (χ4v) is 3.24. The van der Waals surface area contributed by atoms with E-state index in [1.807, 2.05) is 36.4 Å². The Morgan fingerprint density at radius 3 is 2.58 bits per heavy atom. The summed E-state index contributed by atoms with van der Waals surface area (Å²) < 4.78 is 5.36. The molecule has 100 valence electrons. The van der Waals surface area contributed by atoms with Crippen LogP contribution in [0.2, 0.25) is 10.0 Å². The number of benzene rings is 2. The molecule has 1 atom stereocenters. The van der Waals surface area contributed by atoms with Crippen LogP contribution in [0.4, 0.5) is 0 Å². The Kier molecular flexibility index (Phi) is 5.14. The van der Waals surface area contributed by atoms with Gasteiger partial charge in [0.05, 0.1) is 17.2 Å². The molecule has 0 fully saturated rings. The maximum Gasteiger partial charge on any atom is 0.122 e. The van der Waals surface area contributed by atoms with Crippen LogP contribution in [-0.2, 0) is 6.42 Å². The highest BCUT2D eigenvalue weighted by Gasteiger charge is 2.15. The van der Waals surface area contributed by atoms with E-state index in [1.54, 1.807) is 13.2 Å². The van der Waals surface area contributed by atoms with Gasteiger partial charge in [-0.25, -0.2) is 0 Å². The van der Waals surface area contributed by atoms with E-state index in [9.17, 15) is 0 Å². The van der Waals surface area contributed by atoms with Crippen molar-refractivity contribution in [1.29, 1.82) is 0 Å². The Morgan fingerprint density at radius 2 is 1.84 bits per heavy atom. The van der Waals surface area contributed by atoms with Crippen LogP contribution in [0.5, 0.6) is 5.75 Å². The molecule has 0 spiro atoms. The first-order valence-electron chi connectivity index (χ1n) is 5.83. The summed E-state index contributed by atoms with van der Waals surface area (Å²) in [5.74, 6) is 0.880. The second kappa shape index (κ2) is 6.65. The third-order valence-corrected chi connectivity index (χ3v) is 4.56. The lowest BCUT2D eigenvalue weighted by Crippen LogP contribution is -1.99. The monoisotopic (exact) mass is 358 g/mol. The number of hydrogen-bond donors (Lipinski definition) is 0. The van der Waals surface area contributed by atoms with Gasteiger partial charge in [0.2, 0.25) is 0 Å². The van der Waals surface area contributed by atoms with Gasteiger partial charge in [-0.05, 0) is 29.7 Å². The molecule has 2 rings (SSSR count). The van der Waals surface area contributed by atoms with Gasteiger partial charge in [-0.1, -0.05) is 69.5 Å². The molecule has 0 amide bonds. The maximum atomic E-state index is 6.23. The van der Waals surface area contributed by atoms with Crippen molar-refractivity contribution >= 4 is 39.1 Å². The van der Waals surface area contributed by atoms with Crippen molar-refractivity contribution in [2.75, 3.05) is 7.11 Å². The van der Waals surface area contributed by atoms with E-state index < -0.39 is 0 Å². The Morgan fingerprint density at radius 1 is 1.11 bits per heavy atom. The molecule has 0 N–H and O–H groups in total. The summed E-state index contributed by atoms with van der Waals surface area (Å²) >= 11 is 15.9. The van der Waals surface area contributed by atoms with E-state index in [0.717, 1.165) is 23.3 Å². The third-order valence-electron chi connectivity index (χ3n) is 2.91. The van der Waals surface area contributed by atoms with Gasteiger partial charge >= 0.3 is 0 Å². The van der Waals surface area contributed by atoms with Gasteiger partial charge in [0, 0.05) is 4.83 Å². The molecular weight excluding hydrogens is 347 g/mol. The van der Waals surface area contributed by atoms with Crippen LogP contribution < -0.4 is 4.74 Å². The molecule has 0 aliphatic rings. The first-order valence-corrected chi connectivity index (χ1v) is 7.50. The second-order valence-corrected chi connectivity index (χ2v) is 6.02. The molecule has 0 heterocycles. The molecule has 0 aliphatic heterocycles. The van der Waals surface area contributed by atoms with E-state index >= 15 is 0 Å². The molecule has 0 aliphatic carbocycles. The Hall–Kier alpha value is -0.700. The summed E-state index contributed by atoms with van der Waals surface area (Å²) in [7, 11) is 1.68. The van der Waals surface area contributed by atoms with E-state index in [-0.39, 0.29) is 4.83 Å². The van der Waals surface area contributed by atoms with Gasteiger partial charge in [0.25, 0.3) is 0 Å². The Balaban J connectivity index is 2.26. The highest BCUT2D eigenvalue weighted by atomic mass is 79.9. The Bertz CT molecular complexity index is 572. The predicted octanol–water partition coefficient (Wildman–Crippen LogP) is 5.68. The van der Waals surface area contributed by atoms with Crippen LogP contribution in [0.25, 0.3) is 0 Å². The topological polar surface area (TPSA) is 9.23 Å². The normalized spacial score (nSPS) is 12.2. The first-order chi connectivity index (χ1) is 9.13. The van der Waals surface area contributed by atoms with Gasteiger partial charge in [-0.3, -0.25) is 0 Å². The largest absolute Gasteiger partial charge is 0.496 e. The first kappa shape index (κ1) is 14.7. The van der Waals surface area contributed by atoms with E-state index in [0.29, 0.717) is 10.0 Å².